The standard InChI is InChI=1S/C10H21NO4/c1-11-10(12)4-3-5-14-8-9-15-7-6-13-2/h3-9H2,1-2H3,(H,11,12). The van der Waals surface area contributed by atoms with Crippen molar-refractivity contribution in [3.8, 4) is 0 Å². The van der Waals surface area contributed by atoms with E-state index in [9.17, 15) is 4.79 Å². The Morgan fingerprint density at radius 2 is 1.67 bits per heavy atom. The first-order chi connectivity index (χ1) is 7.31. The van der Waals surface area contributed by atoms with E-state index in [0.717, 1.165) is 6.42 Å². The Morgan fingerprint density at radius 1 is 1.07 bits per heavy atom. The highest BCUT2D eigenvalue weighted by molar-refractivity contribution is 5.75. The van der Waals surface area contributed by atoms with Crippen LogP contribution in [0.1, 0.15) is 12.8 Å². The van der Waals surface area contributed by atoms with Crippen molar-refractivity contribution >= 4 is 5.91 Å². The summed E-state index contributed by atoms with van der Waals surface area (Å²) >= 11 is 0. The van der Waals surface area contributed by atoms with Crippen molar-refractivity contribution in [3.05, 3.63) is 0 Å². The number of carbonyl (C=O) groups excluding carboxylic acids is 1. The minimum absolute atomic E-state index is 0.0509. The SMILES string of the molecule is CNC(=O)CCCOCCOCCOC. The van der Waals surface area contributed by atoms with Gasteiger partial charge in [-0.05, 0) is 6.42 Å². The summed E-state index contributed by atoms with van der Waals surface area (Å²) in [5.41, 5.74) is 0. The summed E-state index contributed by atoms with van der Waals surface area (Å²) < 4.78 is 15.3. The number of hydrogen-bond donors (Lipinski definition) is 1. The van der Waals surface area contributed by atoms with E-state index >= 15 is 0 Å². The van der Waals surface area contributed by atoms with E-state index in [1.807, 2.05) is 0 Å². The molecule has 1 N–H and O–H groups in total. The molecule has 0 saturated carbocycles. The van der Waals surface area contributed by atoms with Crippen LogP contribution < -0.4 is 5.32 Å². The molecule has 0 aromatic carbocycles. The first kappa shape index (κ1) is 14.3. The van der Waals surface area contributed by atoms with Crippen LogP contribution in [0.4, 0.5) is 0 Å². The molecule has 90 valence electrons. The van der Waals surface area contributed by atoms with Gasteiger partial charge in [0.2, 0.25) is 5.91 Å². The highest BCUT2D eigenvalue weighted by atomic mass is 16.5. The molecule has 0 rings (SSSR count). The van der Waals surface area contributed by atoms with Crippen LogP contribution in [0.2, 0.25) is 0 Å². The van der Waals surface area contributed by atoms with Crippen LogP contribution >= 0.6 is 0 Å². The lowest BCUT2D eigenvalue weighted by molar-refractivity contribution is -0.120. The topological polar surface area (TPSA) is 56.8 Å². The van der Waals surface area contributed by atoms with Gasteiger partial charge in [-0.2, -0.15) is 0 Å². The molecule has 5 nitrogen and oxygen atoms in total. The largest absolute Gasteiger partial charge is 0.382 e. The van der Waals surface area contributed by atoms with Gasteiger partial charge in [0.25, 0.3) is 0 Å². The van der Waals surface area contributed by atoms with Crippen LogP contribution in [-0.2, 0) is 19.0 Å². The Bertz CT molecular complexity index is 152. The number of amides is 1. The summed E-state index contributed by atoms with van der Waals surface area (Å²) in [6.07, 6.45) is 1.26. The minimum atomic E-state index is 0.0509. The molecule has 0 radical (unpaired) electrons. The van der Waals surface area contributed by atoms with E-state index in [1.165, 1.54) is 0 Å². The Labute approximate surface area is 91.1 Å². The van der Waals surface area contributed by atoms with Crippen molar-refractivity contribution in [1.29, 1.82) is 0 Å². The maximum atomic E-state index is 10.8. The molecule has 5 heteroatoms. The second-order valence-electron chi connectivity index (χ2n) is 2.99. The fraction of sp³-hybridized carbons (Fsp3) is 0.900. The molecule has 0 aliphatic heterocycles. The molecule has 0 aromatic rings. The Kier molecular flexibility index (Phi) is 10.9. The summed E-state index contributed by atoms with van der Waals surface area (Å²) in [4.78, 5) is 10.8. The number of carbonyl (C=O) groups is 1. The third-order valence-electron chi connectivity index (χ3n) is 1.78. The third-order valence-corrected chi connectivity index (χ3v) is 1.78. The van der Waals surface area contributed by atoms with Crippen molar-refractivity contribution in [2.24, 2.45) is 0 Å². The Morgan fingerprint density at radius 3 is 2.27 bits per heavy atom. The predicted octanol–water partition coefficient (Wildman–Crippen LogP) is 0.192. The Balaban J connectivity index is 2.95. The highest BCUT2D eigenvalue weighted by Crippen LogP contribution is 1.90. The van der Waals surface area contributed by atoms with Gasteiger partial charge in [-0.25, -0.2) is 0 Å². The molecule has 0 spiro atoms. The monoisotopic (exact) mass is 219 g/mol. The maximum Gasteiger partial charge on any atom is 0.219 e. The maximum absolute atomic E-state index is 10.8. The van der Waals surface area contributed by atoms with Crippen molar-refractivity contribution in [1.82, 2.24) is 5.32 Å². The average Bonchev–Trinajstić information content (AvgIpc) is 2.26. The van der Waals surface area contributed by atoms with Crippen LogP contribution in [0.25, 0.3) is 0 Å². The van der Waals surface area contributed by atoms with Gasteiger partial charge in [0.1, 0.15) is 0 Å². The molecular weight excluding hydrogens is 198 g/mol. The average molecular weight is 219 g/mol. The van der Waals surface area contributed by atoms with Gasteiger partial charge in [0, 0.05) is 27.2 Å². The van der Waals surface area contributed by atoms with Crippen molar-refractivity contribution < 1.29 is 19.0 Å². The molecule has 0 aromatic heterocycles. The van der Waals surface area contributed by atoms with E-state index in [0.29, 0.717) is 39.5 Å². The molecule has 0 fully saturated rings. The molecule has 1 amide bonds. The van der Waals surface area contributed by atoms with Gasteiger partial charge in [-0.3, -0.25) is 4.79 Å². The van der Waals surface area contributed by atoms with Gasteiger partial charge in [0.05, 0.1) is 26.4 Å². The van der Waals surface area contributed by atoms with Gasteiger partial charge in [-0.15, -0.1) is 0 Å². The molecule has 15 heavy (non-hydrogen) atoms. The van der Waals surface area contributed by atoms with Crippen LogP contribution in [0, 0.1) is 0 Å². The van der Waals surface area contributed by atoms with Crippen LogP contribution in [-0.4, -0.2) is 53.1 Å². The zero-order chi connectivity index (χ0) is 11.4. The second-order valence-corrected chi connectivity index (χ2v) is 2.99. The van der Waals surface area contributed by atoms with E-state index < -0.39 is 0 Å². The Hall–Kier alpha value is -0.650. The van der Waals surface area contributed by atoms with Crippen molar-refractivity contribution in [3.63, 3.8) is 0 Å². The smallest absolute Gasteiger partial charge is 0.219 e. The summed E-state index contributed by atoms with van der Waals surface area (Å²) in [6.45, 7) is 2.94. The lowest BCUT2D eigenvalue weighted by Gasteiger charge is -2.05. The number of hydrogen-bond acceptors (Lipinski definition) is 4. The van der Waals surface area contributed by atoms with Gasteiger partial charge < -0.3 is 19.5 Å². The molecule has 0 aliphatic carbocycles. The molecule has 0 atom stereocenters. The molecule has 0 saturated heterocycles. The van der Waals surface area contributed by atoms with E-state index in [4.69, 9.17) is 14.2 Å². The van der Waals surface area contributed by atoms with E-state index in [2.05, 4.69) is 5.32 Å². The van der Waals surface area contributed by atoms with E-state index in [1.54, 1.807) is 14.2 Å². The van der Waals surface area contributed by atoms with E-state index in [-0.39, 0.29) is 5.91 Å². The zero-order valence-electron chi connectivity index (χ0n) is 9.58. The summed E-state index contributed by atoms with van der Waals surface area (Å²) in [6, 6.07) is 0. The molecule has 0 heterocycles. The van der Waals surface area contributed by atoms with Crippen molar-refractivity contribution in [2.45, 2.75) is 12.8 Å². The van der Waals surface area contributed by atoms with Gasteiger partial charge in [0.15, 0.2) is 0 Å². The van der Waals surface area contributed by atoms with Gasteiger partial charge in [-0.1, -0.05) is 0 Å². The molecule has 0 bridgehead atoms. The number of nitrogens with one attached hydrogen (secondary N) is 1. The summed E-state index contributed by atoms with van der Waals surface area (Å²) in [7, 11) is 3.27. The fourth-order valence-electron chi connectivity index (χ4n) is 0.924. The number of ether oxygens (including phenoxy) is 3. The quantitative estimate of drug-likeness (QED) is 0.533. The number of rotatable bonds is 10. The molecule has 0 aliphatic rings. The fourth-order valence-corrected chi connectivity index (χ4v) is 0.924. The minimum Gasteiger partial charge on any atom is -0.382 e. The lowest BCUT2D eigenvalue weighted by Crippen LogP contribution is -2.18. The lowest BCUT2D eigenvalue weighted by atomic mass is 10.3. The third kappa shape index (κ3) is 11.3. The summed E-state index contributed by atoms with van der Waals surface area (Å²) in [5, 5.41) is 2.56. The van der Waals surface area contributed by atoms with Gasteiger partial charge >= 0.3 is 0 Å². The number of methoxy groups -OCH3 is 1. The van der Waals surface area contributed by atoms with Crippen LogP contribution in [0.3, 0.4) is 0 Å². The first-order valence-corrected chi connectivity index (χ1v) is 5.16. The predicted molar refractivity (Wildman–Crippen MR) is 56.8 cm³/mol. The summed E-state index contributed by atoms with van der Waals surface area (Å²) in [5.74, 6) is 0.0509. The van der Waals surface area contributed by atoms with Crippen LogP contribution in [0.15, 0.2) is 0 Å². The second kappa shape index (κ2) is 11.4. The van der Waals surface area contributed by atoms with Crippen molar-refractivity contribution in [2.75, 3.05) is 47.2 Å². The van der Waals surface area contributed by atoms with Crippen LogP contribution in [0.5, 0.6) is 0 Å². The molecule has 0 unspecified atom stereocenters. The first-order valence-electron chi connectivity index (χ1n) is 5.16. The normalized spacial score (nSPS) is 10.3. The highest BCUT2D eigenvalue weighted by Gasteiger charge is 1.96. The zero-order valence-corrected chi connectivity index (χ0v) is 9.58. The molecular formula is C10H21NO4.